The number of methoxy groups -OCH3 is 1. The molecule has 0 aromatic carbocycles. The van der Waals surface area contributed by atoms with Gasteiger partial charge in [0.05, 0.1) is 6.10 Å². The highest BCUT2D eigenvalue weighted by atomic mass is 16.5. The van der Waals surface area contributed by atoms with E-state index in [4.69, 9.17) is 9.47 Å². The average Bonchev–Trinajstić information content (AvgIpc) is 2.26. The molecule has 1 N–H and O–H groups in total. The van der Waals surface area contributed by atoms with Gasteiger partial charge < -0.3 is 14.8 Å². The highest BCUT2D eigenvalue weighted by Crippen LogP contribution is 2.11. The zero-order valence-corrected chi connectivity index (χ0v) is 8.91. The van der Waals surface area contributed by atoms with Crippen molar-refractivity contribution in [1.29, 1.82) is 0 Å². The summed E-state index contributed by atoms with van der Waals surface area (Å²) < 4.78 is 10.4. The van der Waals surface area contributed by atoms with Gasteiger partial charge in [-0.2, -0.15) is 0 Å². The first-order valence-corrected chi connectivity index (χ1v) is 5.16. The second kappa shape index (κ2) is 5.98. The number of hydrogen-bond donors (Lipinski definition) is 1. The van der Waals surface area contributed by atoms with Gasteiger partial charge in [0.1, 0.15) is 6.10 Å². The molecule has 0 saturated carbocycles. The molecule has 1 rings (SSSR count). The summed E-state index contributed by atoms with van der Waals surface area (Å²) in [6.45, 7) is 3.16. The fourth-order valence-corrected chi connectivity index (χ4v) is 1.43. The van der Waals surface area contributed by atoms with E-state index in [0.29, 0.717) is 6.54 Å². The largest absolute Gasteiger partial charge is 0.376 e. The summed E-state index contributed by atoms with van der Waals surface area (Å²) in [5.41, 5.74) is 0. The highest BCUT2D eigenvalue weighted by Gasteiger charge is 2.16. The summed E-state index contributed by atoms with van der Waals surface area (Å²) >= 11 is 0. The molecule has 0 aliphatic carbocycles. The van der Waals surface area contributed by atoms with Gasteiger partial charge in [0.25, 0.3) is 0 Å². The first-order valence-electron chi connectivity index (χ1n) is 5.16. The molecule has 0 aromatic rings. The summed E-state index contributed by atoms with van der Waals surface area (Å²) in [4.78, 5) is 11.3. The zero-order chi connectivity index (χ0) is 10.4. The highest BCUT2D eigenvalue weighted by molar-refractivity contribution is 5.80. The maximum absolute atomic E-state index is 11.3. The number of ether oxygens (including phenoxy) is 2. The first kappa shape index (κ1) is 11.5. The molecule has 1 amide bonds. The second-order valence-corrected chi connectivity index (χ2v) is 3.61. The lowest BCUT2D eigenvalue weighted by atomic mass is 10.1. The third-order valence-electron chi connectivity index (χ3n) is 2.50. The normalized spacial score (nSPS) is 24.3. The van der Waals surface area contributed by atoms with E-state index < -0.39 is 0 Å². The maximum atomic E-state index is 11.3. The molecule has 4 heteroatoms. The zero-order valence-electron chi connectivity index (χ0n) is 8.91. The van der Waals surface area contributed by atoms with Crippen LogP contribution in [-0.4, -0.2) is 38.4 Å². The van der Waals surface area contributed by atoms with Gasteiger partial charge in [-0.05, 0) is 26.2 Å². The monoisotopic (exact) mass is 201 g/mol. The van der Waals surface area contributed by atoms with Crippen LogP contribution in [0.25, 0.3) is 0 Å². The van der Waals surface area contributed by atoms with Gasteiger partial charge >= 0.3 is 0 Å². The number of amides is 1. The van der Waals surface area contributed by atoms with Crippen molar-refractivity contribution in [3.63, 3.8) is 0 Å². The number of rotatable bonds is 4. The van der Waals surface area contributed by atoms with Crippen LogP contribution in [-0.2, 0) is 14.3 Å². The van der Waals surface area contributed by atoms with Crippen LogP contribution in [0.4, 0.5) is 0 Å². The lowest BCUT2D eigenvalue weighted by Crippen LogP contribution is -2.40. The maximum Gasteiger partial charge on any atom is 0.248 e. The molecule has 2 unspecified atom stereocenters. The van der Waals surface area contributed by atoms with E-state index in [-0.39, 0.29) is 18.1 Å². The van der Waals surface area contributed by atoms with Gasteiger partial charge in [0.15, 0.2) is 0 Å². The topological polar surface area (TPSA) is 47.6 Å². The van der Waals surface area contributed by atoms with Crippen LogP contribution in [0.3, 0.4) is 0 Å². The third kappa shape index (κ3) is 3.64. The summed E-state index contributed by atoms with van der Waals surface area (Å²) in [6.07, 6.45) is 3.19. The molecule has 0 aromatic heterocycles. The lowest BCUT2D eigenvalue weighted by molar-refractivity contribution is -0.130. The Morgan fingerprint density at radius 3 is 3.00 bits per heavy atom. The Labute approximate surface area is 85.0 Å². The van der Waals surface area contributed by atoms with E-state index in [0.717, 1.165) is 19.4 Å². The van der Waals surface area contributed by atoms with Gasteiger partial charge in [0, 0.05) is 20.3 Å². The molecule has 82 valence electrons. The molecule has 1 aliphatic heterocycles. The van der Waals surface area contributed by atoms with E-state index in [9.17, 15) is 4.79 Å². The van der Waals surface area contributed by atoms with Gasteiger partial charge in [0.2, 0.25) is 5.91 Å². The Morgan fingerprint density at radius 1 is 1.64 bits per heavy atom. The van der Waals surface area contributed by atoms with Gasteiger partial charge in [-0.15, -0.1) is 0 Å². The Morgan fingerprint density at radius 2 is 2.43 bits per heavy atom. The molecule has 4 nitrogen and oxygen atoms in total. The Balaban J connectivity index is 2.15. The van der Waals surface area contributed by atoms with Crippen molar-refractivity contribution in [2.24, 2.45) is 0 Å². The predicted octanol–water partition coefficient (Wildman–Crippen LogP) is 0.707. The van der Waals surface area contributed by atoms with Crippen LogP contribution in [0.1, 0.15) is 26.2 Å². The number of hydrogen-bond acceptors (Lipinski definition) is 3. The number of nitrogens with one attached hydrogen (secondary N) is 1. The van der Waals surface area contributed by atoms with E-state index in [1.807, 2.05) is 0 Å². The van der Waals surface area contributed by atoms with Crippen LogP contribution in [0, 0.1) is 0 Å². The molecule has 1 fully saturated rings. The van der Waals surface area contributed by atoms with Crippen LogP contribution < -0.4 is 5.32 Å². The fraction of sp³-hybridized carbons (Fsp3) is 0.900. The Kier molecular flexibility index (Phi) is 4.90. The third-order valence-corrected chi connectivity index (χ3v) is 2.50. The van der Waals surface area contributed by atoms with Crippen molar-refractivity contribution in [3.05, 3.63) is 0 Å². The molecule has 0 spiro atoms. The van der Waals surface area contributed by atoms with Crippen LogP contribution in [0.2, 0.25) is 0 Å². The van der Waals surface area contributed by atoms with E-state index in [1.54, 1.807) is 6.92 Å². The van der Waals surface area contributed by atoms with Crippen molar-refractivity contribution in [1.82, 2.24) is 5.32 Å². The molecule has 0 bridgehead atoms. The smallest absolute Gasteiger partial charge is 0.248 e. The van der Waals surface area contributed by atoms with E-state index in [1.165, 1.54) is 13.5 Å². The average molecular weight is 201 g/mol. The Bertz CT molecular complexity index is 178. The van der Waals surface area contributed by atoms with E-state index in [2.05, 4.69) is 5.32 Å². The number of carbonyl (C=O) groups excluding carboxylic acids is 1. The molecule has 1 aliphatic rings. The van der Waals surface area contributed by atoms with Crippen molar-refractivity contribution in [2.45, 2.75) is 38.4 Å². The quantitative estimate of drug-likeness (QED) is 0.728. The van der Waals surface area contributed by atoms with Crippen molar-refractivity contribution < 1.29 is 14.3 Å². The standard InChI is InChI=1S/C10H19NO3/c1-8(13-2)10(12)11-7-9-5-3-4-6-14-9/h8-9H,3-7H2,1-2H3,(H,11,12). The minimum absolute atomic E-state index is 0.0679. The molecule has 2 atom stereocenters. The van der Waals surface area contributed by atoms with Crippen molar-refractivity contribution in [2.75, 3.05) is 20.3 Å². The molecule has 1 heterocycles. The summed E-state index contributed by atoms with van der Waals surface area (Å²) in [6, 6.07) is 0. The molecule has 0 radical (unpaired) electrons. The van der Waals surface area contributed by atoms with Crippen LogP contribution >= 0.6 is 0 Å². The number of carbonyl (C=O) groups is 1. The summed E-state index contributed by atoms with van der Waals surface area (Å²) in [5.74, 6) is -0.0679. The molecular formula is C10H19NO3. The van der Waals surface area contributed by atoms with Crippen LogP contribution in [0.15, 0.2) is 0 Å². The fourth-order valence-electron chi connectivity index (χ4n) is 1.43. The summed E-state index contributed by atoms with van der Waals surface area (Å²) in [7, 11) is 1.53. The minimum atomic E-state index is -0.376. The molecule has 14 heavy (non-hydrogen) atoms. The molecular weight excluding hydrogens is 182 g/mol. The lowest BCUT2D eigenvalue weighted by Gasteiger charge is -2.23. The predicted molar refractivity (Wildman–Crippen MR) is 53.1 cm³/mol. The van der Waals surface area contributed by atoms with Gasteiger partial charge in [-0.25, -0.2) is 0 Å². The van der Waals surface area contributed by atoms with Crippen molar-refractivity contribution in [3.8, 4) is 0 Å². The summed E-state index contributed by atoms with van der Waals surface area (Å²) in [5, 5.41) is 2.81. The molecule has 1 saturated heterocycles. The minimum Gasteiger partial charge on any atom is -0.376 e. The van der Waals surface area contributed by atoms with E-state index >= 15 is 0 Å². The SMILES string of the molecule is COC(C)C(=O)NCC1CCCCO1. The van der Waals surface area contributed by atoms with Gasteiger partial charge in [-0.3, -0.25) is 4.79 Å². The van der Waals surface area contributed by atoms with Gasteiger partial charge in [-0.1, -0.05) is 0 Å². The second-order valence-electron chi connectivity index (χ2n) is 3.61. The van der Waals surface area contributed by atoms with Crippen LogP contribution in [0.5, 0.6) is 0 Å². The van der Waals surface area contributed by atoms with Crippen molar-refractivity contribution >= 4 is 5.91 Å². The Hall–Kier alpha value is -0.610. The first-order chi connectivity index (χ1) is 6.74.